The Morgan fingerprint density at radius 3 is 2.25 bits per heavy atom. The van der Waals surface area contributed by atoms with Crippen molar-refractivity contribution >= 4 is 0 Å². The van der Waals surface area contributed by atoms with E-state index in [2.05, 4.69) is 7.05 Å². The maximum Gasteiger partial charge on any atom is 0.0589 e. The standard InChI is InChI=1S/C7H13N/c1-8-5-4-7(6-8)2-3-7/h8H,1-6H2. The minimum absolute atomic E-state index is 0.817. The predicted octanol–water partition coefficient (Wildman–Crippen LogP) is -0.153. The average Bonchev–Trinajstić information content (AvgIpc) is 2.34. The molecule has 1 N–H and O–H groups in total. The smallest absolute Gasteiger partial charge is 0.0589 e. The molecule has 0 aromatic rings. The van der Waals surface area contributed by atoms with Gasteiger partial charge in [0.25, 0.3) is 0 Å². The Morgan fingerprint density at radius 1 is 1.25 bits per heavy atom. The summed E-state index contributed by atoms with van der Waals surface area (Å²) in [6.07, 6.45) is 4.43. The summed E-state index contributed by atoms with van der Waals surface area (Å²) in [4.78, 5) is 1.50. The normalized spacial score (nSPS) is 40.9. The summed E-state index contributed by atoms with van der Waals surface area (Å²) in [5.41, 5.74) is 0.817. The third-order valence-electron chi connectivity index (χ3n) is 2.59. The van der Waals surface area contributed by atoms with Gasteiger partial charge in [0.05, 0.1) is 13.1 Å². The van der Waals surface area contributed by atoms with E-state index in [4.69, 9.17) is 0 Å². The zero-order valence-corrected chi connectivity index (χ0v) is 5.24. The lowest BCUT2D eigenvalue weighted by molar-refractivity contribution is -0.842. The first-order chi connectivity index (χ1) is 3.81. The predicted molar refractivity (Wildman–Crippen MR) is 32.3 cm³/mol. The summed E-state index contributed by atoms with van der Waals surface area (Å²) in [5, 5.41) is 0. The second kappa shape index (κ2) is 1.27. The molecule has 1 saturated carbocycles. The van der Waals surface area contributed by atoms with Crippen molar-refractivity contribution in [2.45, 2.75) is 19.3 Å². The van der Waals surface area contributed by atoms with Gasteiger partial charge in [0.1, 0.15) is 0 Å². The molecule has 1 unspecified atom stereocenters. The van der Waals surface area contributed by atoms with E-state index in [0.29, 0.717) is 0 Å². The molecule has 8 heavy (non-hydrogen) atoms. The monoisotopic (exact) mass is 111 g/mol. The fraction of sp³-hybridized carbons (Fsp3) is 0.857. The van der Waals surface area contributed by atoms with Crippen molar-refractivity contribution in [3.63, 3.8) is 0 Å². The highest BCUT2D eigenvalue weighted by Crippen LogP contribution is 2.48. The number of quaternary nitrogens is 1. The molecule has 1 heteroatoms. The second-order valence-electron chi connectivity index (χ2n) is 3.43. The first-order valence-electron chi connectivity index (χ1n) is 3.47. The minimum Gasteiger partial charge on any atom is -0.467 e. The summed E-state index contributed by atoms with van der Waals surface area (Å²) < 4.78 is 0. The summed E-state index contributed by atoms with van der Waals surface area (Å²) >= 11 is 0. The van der Waals surface area contributed by atoms with Crippen LogP contribution in [0.3, 0.4) is 0 Å². The van der Waals surface area contributed by atoms with Crippen LogP contribution < -0.4 is 4.90 Å². The van der Waals surface area contributed by atoms with Crippen molar-refractivity contribution in [2.75, 3.05) is 13.1 Å². The van der Waals surface area contributed by atoms with Gasteiger partial charge in [-0.2, -0.15) is 7.05 Å². The van der Waals surface area contributed by atoms with Gasteiger partial charge in [-0.1, -0.05) is 0 Å². The van der Waals surface area contributed by atoms with Crippen molar-refractivity contribution in [1.82, 2.24) is 0 Å². The van der Waals surface area contributed by atoms with Crippen LogP contribution in [0.1, 0.15) is 19.3 Å². The van der Waals surface area contributed by atoms with Crippen LogP contribution in [0.5, 0.6) is 0 Å². The number of hydrogen-bond donors (Lipinski definition) is 1. The van der Waals surface area contributed by atoms with E-state index < -0.39 is 0 Å². The van der Waals surface area contributed by atoms with Crippen LogP contribution in [0.4, 0.5) is 0 Å². The zero-order valence-electron chi connectivity index (χ0n) is 5.24. The van der Waals surface area contributed by atoms with Gasteiger partial charge >= 0.3 is 0 Å². The van der Waals surface area contributed by atoms with Gasteiger partial charge in [-0.05, 0) is 12.8 Å². The van der Waals surface area contributed by atoms with Gasteiger partial charge in [0.2, 0.25) is 0 Å². The van der Waals surface area contributed by atoms with Crippen LogP contribution in [0.15, 0.2) is 0 Å². The van der Waals surface area contributed by atoms with Gasteiger partial charge in [0.15, 0.2) is 0 Å². The molecule has 2 aliphatic rings. The molecular weight excluding hydrogens is 98.1 g/mol. The first-order valence-corrected chi connectivity index (χ1v) is 3.47. The lowest BCUT2D eigenvalue weighted by Gasteiger charge is -2.11. The Balaban J connectivity index is 2.03. The van der Waals surface area contributed by atoms with Crippen LogP contribution in [0.2, 0.25) is 0 Å². The van der Waals surface area contributed by atoms with Crippen LogP contribution >= 0.6 is 0 Å². The van der Waals surface area contributed by atoms with Crippen molar-refractivity contribution in [3.8, 4) is 0 Å². The molecule has 46 valence electrons. The SMILES string of the molecule is [CH2-][NH+]1CCC2(CC2)C1. The zero-order chi connectivity index (χ0) is 5.61. The maximum absolute atomic E-state index is 3.99. The van der Waals surface area contributed by atoms with E-state index >= 15 is 0 Å². The van der Waals surface area contributed by atoms with Crippen molar-refractivity contribution < 1.29 is 4.90 Å². The van der Waals surface area contributed by atoms with Crippen LogP contribution in [-0.4, -0.2) is 13.1 Å². The Hall–Kier alpha value is -0.0400. The Labute approximate surface area is 50.7 Å². The molecule has 1 spiro atoms. The molecule has 1 saturated heterocycles. The first kappa shape index (κ1) is 4.80. The van der Waals surface area contributed by atoms with E-state index in [1.807, 2.05) is 0 Å². The topological polar surface area (TPSA) is 4.44 Å². The van der Waals surface area contributed by atoms with E-state index in [1.54, 1.807) is 0 Å². The number of hydrogen-bond acceptors (Lipinski definition) is 0. The van der Waals surface area contributed by atoms with Crippen molar-refractivity contribution in [3.05, 3.63) is 7.05 Å². The van der Waals surface area contributed by atoms with E-state index in [9.17, 15) is 0 Å². The van der Waals surface area contributed by atoms with Gasteiger partial charge in [-0.15, -0.1) is 0 Å². The third-order valence-corrected chi connectivity index (χ3v) is 2.59. The molecule has 1 aliphatic heterocycles. The highest BCUT2D eigenvalue weighted by Gasteiger charge is 2.48. The summed E-state index contributed by atoms with van der Waals surface area (Å²) in [6, 6.07) is 0. The molecule has 2 fully saturated rings. The summed E-state index contributed by atoms with van der Waals surface area (Å²) in [5.74, 6) is 0. The highest BCUT2D eigenvalue weighted by molar-refractivity contribution is 4.94. The molecule has 1 nitrogen and oxygen atoms in total. The minimum atomic E-state index is 0.817. The average molecular weight is 111 g/mol. The number of rotatable bonds is 0. The van der Waals surface area contributed by atoms with Gasteiger partial charge < -0.3 is 4.90 Å². The van der Waals surface area contributed by atoms with E-state index in [0.717, 1.165) is 5.41 Å². The third kappa shape index (κ3) is 0.576. The van der Waals surface area contributed by atoms with Gasteiger partial charge in [-0.3, -0.25) is 0 Å². The molecule has 0 aromatic heterocycles. The summed E-state index contributed by atoms with van der Waals surface area (Å²) in [7, 11) is 3.99. The Morgan fingerprint density at radius 2 is 2.00 bits per heavy atom. The van der Waals surface area contributed by atoms with Crippen molar-refractivity contribution in [2.24, 2.45) is 5.41 Å². The molecule has 2 rings (SSSR count). The van der Waals surface area contributed by atoms with Gasteiger partial charge in [0, 0.05) is 11.8 Å². The maximum atomic E-state index is 3.99. The highest BCUT2D eigenvalue weighted by atomic mass is 15.1. The number of nitrogens with one attached hydrogen (secondary N) is 1. The molecule has 0 amide bonds. The van der Waals surface area contributed by atoms with Crippen LogP contribution in [0, 0.1) is 12.5 Å². The summed E-state index contributed by atoms with van der Waals surface area (Å²) in [6.45, 7) is 2.67. The fourth-order valence-electron chi connectivity index (χ4n) is 1.75. The van der Waals surface area contributed by atoms with E-state index in [1.165, 1.54) is 37.3 Å². The lowest BCUT2D eigenvalue weighted by atomic mass is 10.1. The number of likely N-dealkylation sites (tertiary alicyclic amines) is 1. The van der Waals surface area contributed by atoms with Crippen LogP contribution in [0.25, 0.3) is 0 Å². The molecule has 0 bridgehead atoms. The van der Waals surface area contributed by atoms with Crippen molar-refractivity contribution in [1.29, 1.82) is 0 Å². The largest absolute Gasteiger partial charge is 0.467 e. The Kier molecular flexibility index (Phi) is 0.762. The van der Waals surface area contributed by atoms with E-state index in [-0.39, 0.29) is 0 Å². The molecule has 0 radical (unpaired) electrons. The van der Waals surface area contributed by atoms with Gasteiger partial charge in [-0.25, -0.2) is 0 Å². The fourth-order valence-corrected chi connectivity index (χ4v) is 1.75. The molecular formula is C7H13N. The molecule has 0 aromatic carbocycles. The molecule has 1 heterocycles. The lowest BCUT2D eigenvalue weighted by Crippen LogP contribution is -3.04. The Bertz CT molecular complexity index is 105. The molecule has 1 aliphatic carbocycles. The second-order valence-corrected chi connectivity index (χ2v) is 3.43. The quantitative estimate of drug-likeness (QED) is 0.414. The van der Waals surface area contributed by atoms with Crippen LogP contribution in [-0.2, 0) is 0 Å². The molecule has 1 atom stereocenters.